The van der Waals surface area contributed by atoms with Gasteiger partial charge < -0.3 is 9.47 Å². The molecule has 0 spiro atoms. The second kappa shape index (κ2) is 11.3. The Labute approximate surface area is 234 Å². The highest BCUT2D eigenvalue weighted by Gasteiger charge is 2.33. The maximum absolute atomic E-state index is 13.8. The second-order valence-electron chi connectivity index (χ2n) is 8.12. The summed E-state index contributed by atoms with van der Waals surface area (Å²) in [6.07, 6.45) is 3.49. The molecule has 0 bridgehead atoms. The lowest BCUT2D eigenvalue weighted by Gasteiger charge is -2.24. The minimum absolute atomic E-state index is 0.232. The van der Waals surface area contributed by atoms with E-state index in [4.69, 9.17) is 9.47 Å². The van der Waals surface area contributed by atoms with Gasteiger partial charge in [-0.25, -0.2) is 9.79 Å². The van der Waals surface area contributed by atoms with E-state index in [1.807, 2.05) is 49.4 Å². The van der Waals surface area contributed by atoms with Crippen molar-refractivity contribution in [1.82, 2.24) is 4.57 Å². The summed E-state index contributed by atoms with van der Waals surface area (Å²) in [6, 6.07) is 11.0. The van der Waals surface area contributed by atoms with Gasteiger partial charge in [0.05, 0.1) is 32.0 Å². The summed E-state index contributed by atoms with van der Waals surface area (Å²) in [5.74, 6) is 0.197. The summed E-state index contributed by atoms with van der Waals surface area (Å²) in [5, 5.41) is 0. The van der Waals surface area contributed by atoms with E-state index in [0.717, 1.165) is 24.7 Å². The van der Waals surface area contributed by atoms with Gasteiger partial charge in [0.1, 0.15) is 12.4 Å². The molecule has 0 fully saturated rings. The predicted molar refractivity (Wildman–Crippen MR) is 154 cm³/mol. The highest BCUT2D eigenvalue weighted by molar-refractivity contribution is 14.1. The number of carbonyl (C=O) groups excluding carboxylic acids is 1. The molecule has 0 aliphatic carbocycles. The van der Waals surface area contributed by atoms with E-state index in [-0.39, 0.29) is 12.2 Å². The molecule has 1 aliphatic rings. The number of hydrogen-bond acceptors (Lipinski definition) is 6. The van der Waals surface area contributed by atoms with Crippen LogP contribution >= 0.6 is 49.9 Å². The van der Waals surface area contributed by atoms with Gasteiger partial charge in [-0.1, -0.05) is 69.8 Å². The number of ether oxygens (including phenoxy) is 2. The number of nitrogens with zero attached hydrogens (tertiary/aromatic N) is 2. The molecule has 9 heteroatoms. The maximum Gasteiger partial charge on any atom is 0.338 e. The first-order valence-corrected chi connectivity index (χ1v) is 13.9. The van der Waals surface area contributed by atoms with Crippen molar-refractivity contribution >= 4 is 61.9 Å². The molecule has 0 radical (unpaired) electrons. The van der Waals surface area contributed by atoms with Gasteiger partial charge >= 0.3 is 5.97 Å². The Morgan fingerprint density at radius 3 is 2.67 bits per heavy atom. The van der Waals surface area contributed by atoms with Crippen molar-refractivity contribution in [3.63, 3.8) is 0 Å². The molecule has 1 atom stereocenters. The summed E-state index contributed by atoms with van der Waals surface area (Å²) >= 11 is 7.03. The summed E-state index contributed by atoms with van der Waals surface area (Å²) in [7, 11) is 0. The van der Waals surface area contributed by atoms with Gasteiger partial charge in [0, 0.05) is 10.0 Å². The zero-order chi connectivity index (χ0) is 26.0. The molecule has 2 aromatic carbocycles. The number of aromatic nitrogens is 1. The molecule has 186 valence electrons. The lowest BCUT2D eigenvalue weighted by atomic mass is 9.95. The average Bonchev–Trinajstić information content (AvgIpc) is 3.12. The number of thiazole rings is 1. The number of benzene rings is 2. The molecule has 0 N–H and O–H groups in total. The van der Waals surface area contributed by atoms with Crippen molar-refractivity contribution in [2.45, 2.75) is 26.8 Å². The minimum atomic E-state index is -0.637. The molecule has 1 aromatic heterocycles. The van der Waals surface area contributed by atoms with E-state index < -0.39 is 12.0 Å². The topological polar surface area (TPSA) is 69.9 Å². The highest BCUT2D eigenvalue weighted by atomic mass is 127. The van der Waals surface area contributed by atoms with Crippen LogP contribution in [-0.2, 0) is 9.53 Å². The van der Waals surface area contributed by atoms with Gasteiger partial charge in [-0.15, -0.1) is 0 Å². The van der Waals surface area contributed by atoms with Crippen molar-refractivity contribution in [3.8, 4) is 5.75 Å². The molecule has 0 unspecified atom stereocenters. The Morgan fingerprint density at radius 1 is 1.28 bits per heavy atom. The molecular formula is C27H24BrIN2O4S. The molecule has 0 saturated carbocycles. The van der Waals surface area contributed by atoms with Crippen LogP contribution in [0.1, 0.15) is 36.6 Å². The van der Waals surface area contributed by atoms with Crippen molar-refractivity contribution in [2.75, 3.05) is 13.2 Å². The first-order valence-electron chi connectivity index (χ1n) is 11.2. The Balaban J connectivity index is 1.96. The van der Waals surface area contributed by atoms with Crippen LogP contribution < -0.4 is 19.6 Å². The molecule has 36 heavy (non-hydrogen) atoms. The average molecular weight is 679 g/mol. The highest BCUT2D eigenvalue weighted by Crippen LogP contribution is 2.32. The van der Waals surface area contributed by atoms with Crippen molar-refractivity contribution < 1.29 is 14.3 Å². The van der Waals surface area contributed by atoms with Gasteiger partial charge in [0.2, 0.25) is 0 Å². The van der Waals surface area contributed by atoms with E-state index in [1.54, 1.807) is 24.5 Å². The summed E-state index contributed by atoms with van der Waals surface area (Å²) in [5.41, 5.74) is 3.33. The summed E-state index contributed by atoms with van der Waals surface area (Å²) in [4.78, 5) is 32.0. The van der Waals surface area contributed by atoms with Crippen molar-refractivity contribution in [3.05, 3.63) is 105 Å². The number of carbonyl (C=O) groups is 1. The fraction of sp³-hybridized carbons (Fsp3) is 0.222. The monoisotopic (exact) mass is 678 g/mol. The van der Waals surface area contributed by atoms with E-state index in [9.17, 15) is 9.59 Å². The molecule has 2 heterocycles. The van der Waals surface area contributed by atoms with Crippen molar-refractivity contribution in [1.29, 1.82) is 0 Å². The van der Waals surface area contributed by atoms with Gasteiger partial charge in [0.25, 0.3) is 5.56 Å². The van der Waals surface area contributed by atoms with Crippen LogP contribution in [0.25, 0.3) is 6.08 Å². The minimum Gasteiger partial charge on any atom is -0.488 e. The fourth-order valence-electron chi connectivity index (χ4n) is 3.98. The third kappa shape index (κ3) is 5.28. The van der Waals surface area contributed by atoms with Crippen LogP contribution in [0.5, 0.6) is 5.75 Å². The Hall–Kier alpha value is -2.50. The Kier molecular flexibility index (Phi) is 8.31. The SMILES string of the molecule is C=CCOc1c(I)cc(Br)cc1/C=c1\sc2n(c1=O)[C@@H](c1ccc(C)cc1)C(C(=O)OCC)=C(C)N=2. The maximum atomic E-state index is 13.8. The molecule has 0 amide bonds. The van der Waals surface area contributed by atoms with Gasteiger partial charge in [-0.05, 0) is 67.1 Å². The van der Waals surface area contributed by atoms with Crippen LogP contribution in [0, 0.1) is 10.5 Å². The van der Waals surface area contributed by atoms with Gasteiger partial charge in [0.15, 0.2) is 4.80 Å². The molecule has 0 saturated heterocycles. The largest absolute Gasteiger partial charge is 0.488 e. The third-order valence-corrected chi connectivity index (χ3v) is 7.82. The quantitative estimate of drug-likeness (QED) is 0.200. The van der Waals surface area contributed by atoms with Crippen LogP contribution in [0.3, 0.4) is 0 Å². The number of hydrogen-bond donors (Lipinski definition) is 0. The smallest absolute Gasteiger partial charge is 0.338 e. The molecule has 4 rings (SSSR count). The number of aryl methyl sites for hydroxylation is 1. The van der Waals surface area contributed by atoms with Crippen LogP contribution in [-0.4, -0.2) is 23.8 Å². The fourth-order valence-corrected chi connectivity index (χ4v) is 6.72. The first kappa shape index (κ1) is 26.6. The van der Waals surface area contributed by atoms with Crippen molar-refractivity contribution in [2.24, 2.45) is 4.99 Å². The number of rotatable bonds is 7. The number of halogens is 2. The molecule has 1 aliphatic heterocycles. The van der Waals surface area contributed by atoms with Crippen LogP contribution in [0.4, 0.5) is 0 Å². The Morgan fingerprint density at radius 2 is 2.00 bits per heavy atom. The predicted octanol–water partition coefficient (Wildman–Crippen LogP) is 5.04. The van der Waals surface area contributed by atoms with E-state index in [0.29, 0.717) is 33.0 Å². The molecule has 6 nitrogen and oxygen atoms in total. The lowest BCUT2D eigenvalue weighted by Crippen LogP contribution is -2.39. The molecular weight excluding hydrogens is 655 g/mol. The standard InChI is InChI=1S/C27H24BrIN2O4S/c1-5-11-35-24-18(12-19(28)14-20(24)29)13-21-25(32)31-23(17-9-7-15(3)8-10-17)22(26(33)34-6-2)16(4)30-27(31)36-21/h5,7-10,12-14,23H,1,6,11H2,2-4H3/b21-13-/t23-/m0/s1. The normalized spacial score (nSPS) is 15.4. The molecule has 3 aromatic rings. The zero-order valence-electron chi connectivity index (χ0n) is 20.0. The lowest BCUT2D eigenvalue weighted by molar-refractivity contribution is -0.139. The second-order valence-corrected chi connectivity index (χ2v) is 11.2. The Bertz CT molecular complexity index is 1550. The summed E-state index contributed by atoms with van der Waals surface area (Å²) in [6.45, 7) is 9.83. The first-order chi connectivity index (χ1) is 17.2. The van der Waals surface area contributed by atoms with Crippen LogP contribution in [0.2, 0.25) is 0 Å². The van der Waals surface area contributed by atoms with E-state index in [1.165, 1.54) is 11.3 Å². The number of fused-ring (bicyclic) bond motifs is 1. The summed E-state index contributed by atoms with van der Waals surface area (Å²) < 4.78 is 15.1. The van der Waals surface area contributed by atoms with Crippen LogP contribution in [0.15, 0.2) is 74.6 Å². The van der Waals surface area contributed by atoms with E-state index >= 15 is 0 Å². The number of esters is 1. The third-order valence-electron chi connectivity index (χ3n) is 5.58. The van der Waals surface area contributed by atoms with Gasteiger partial charge in [-0.2, -0.15) is 0 Å². The van der Waals surface area contributed by atoms with Gasteiger partial charge in [-0.3, -0.25) is 9.36 Å². The zero-order valence-corrected chi connectivity index (χ0v) is 24.6. The van der Waals surface area contributed by atoms with E-state index in [2.05, 4.69) is 50.1 Å². The number of allylic oxidation sites excluding steroid dienone is 1.